The van der Waals surface area contributed by atoms with Crippen molar-refractivity contribution in [1.29, 1.82) is 0 Å². The largest absolute Gasteiger partial charge is 0.480 e. The van der Waals surface area contributed by atoms with Gasteiger partial charge in [-0.05, 0) is 24.3 Å². The average molecular weight is 300 g/mol. The molecule has 0 spiro atoms. The number of benzene rings is 1. The number of hydrogen-bond acceptors (Lipinski definition) is 4. The van der Waals surface area contributed by atoms with Crippen LogP contribution in [-0.2, 0) is 14.4 Å². The Morgan fingerprint density at radius 1 is 1.15 bits per heavy atom. The van der Waals surface area contributed by atoms with Crippen LogP contribution in [0.5, 0.6) is 0 Å². The van der Waals surface area contributed by atoms with E-state index < -0.39 is 17.8 Å². The van der Waals surface area contributed by atoms with Crippen LogP contribution in [-0.4, -0.2) is 36.0 Å². The number of carboxylic acids is 1. The summed E-state index contributed by atoms with van der Waals surface area (Å²) in [6, 6.07) is 6.41. The maximum atomic E-state index is 11.6. The summed E-state index contributed by atoms with van der Waals surface area (Å²) in [6.45, 7) is 0.678. The Morgan fingerprint density at radius 3 is 2.25 bits per heavy atom. The Labute approximate surface area is 120 Å². The van der Waals surface area contributed by atoms with E-state index in [-0.39, 0.29) is 13.1 Å². The van der Waals surface area contributed by atoms with E-state index in [9.17, 15) is 14.4 Å². The van der Waals surface area contributed by atoms with Crippen molar-refractivity contribution in [3.63, 3.8) is 0 Å². The van der Waals surface area contributed by atoms with Crippen molar-refractivity contribution in [1.82, 2.24) is 10.9 Å². The minimum Gasteiger partial charge on any atom is -0.480 e. The highest BCUT2D eigenvalue weighted by molar-refractivity contribution is 6.30. The van der Waals surface area contributed by atoms with Gasteiger partial charge in [-0.3, -0.25) is 25.2 Å². The molecule has 1 rings (SSSR count). The van der Waals surface area contributed by atoms with Gasteiger partial charge in [0, 0.05) is 17.6 Å². The number of hydrogen-bond donors (Lipinski definition) is 3. The molecule has 0 aliphatic heterocycles. The van der Waals surface area contributed by atoms with Gasteiger partial charge in [0.05, 0.1) is 6.54 Å². The van der Waals surface area contributed by atoms with E-state index in [1.165, 1.54) is 11.8 Å². The van der Waals surface area contributed by atoms with Crippen molar-refractivity contribution in [2.75, 3.05) is 18.0 Å². The number of amides is 2. The first kappa shape index (κ1) is 15.8. The molecule has 0 aromatic heterocycles. The summed E-state index contributed by atoms with van der Waals surface area (Å²) in [5, 5.41) is 9.37. The Kier molecular flexibility index (Phi) is 5.79. The number of aliphatic carboxylic acids is 1. The number of hydrazine groups is 1. The van der Waals surface area contributed by atoms with Crippen LogP contribution in [0.4, 0.5) is 5.69 Å². The SMILES string of the molecule is CC(=O)NNC(=O)CN(CC(=O)O)c1ccc(Cl)cc1. The molecule has 0 heterocycles. The number of rotatable bonds is 5. The number of carboxylic acid groups (broad SMARTS) is 1. The highest BCUT2D eigenvalue weighted by atomic mass is 35.5. The number of carbonyl (C=O) groups excluding carboxylic acids is 2. The molecule has 3 N–H and O–H groups in total. The third-order valence-electron chi connectivity index (χ3n) is 2.23. The first-order valence-corrected chi connectivity index (χ1v) is 6.04. The first-order valence-electron chi connectivity index (χ1n) is 5.66. The number of halogens is 1. The van der Waals surface area contributed by atoms with Crippen molar-refractivity contribution < 1.29 is 19.5 Å². The molecule has 0 aliphatic carbocycles. The Bertz CT molecular complexity index is 504. The van der Waals surface area contributed by atoms with Gasteiger partial charge in [0.25, 0.3) is 5.91 Å². The van der Waals surface area contributed by atoms with Gasteiger partial charge in [-0.2, -0.15) is 0 Å². The summed E-state index contributed by atoms with van der Waals surface area (Å²) in [6.07, 6.45) is 0. The Morgan fingerprint density at radius 2 is 1.75 bits per heavy atom. The maximum Gasteiger partial charge on any atom is 0.323 e. The summed E-state index contributed by atoms with van der Waals surface area (Å²) < 4.78 is 0. The molecule has 7 nitrogen and oxygen atoms in total. The van der Waals surface area contributed by atoms with Crippen molar-refractivity contribution in [3.8, 4) is 0 Å². The second kappa shape index (κ2) is 7.34. The predicted octanol–water partition coefficient (Wildman–Crippen LogP) is 0.398. The van der Waals surface area contributed by atoms with E-state index in [4.69, 9.17) is 16.7 Å². The molecule has 0 atom stereocenters. The predicted molar refractivity (Wildman–Crippen MR) is 73.3 cm³/mol. The number of carbonyl (C=O) groups is 3. The topological polar surface area (TPSA) is 98.7 Å². The van der Waals surface area contributed by atoms with Gasteiger partial charge >= 0.3 is 5.97 Å². The van der Waals surface area contributed by atoms with E-state index in [1.807, 2.05) is 0 Å². The second-order valence-electron chi connectivity index (χ2n) is 3.96. The standard InChI is InChI=1S/C12H14ClN3O4/c1-8(17)14-15-11(18)6-16(7-12(19)20)10-4-2-9(13)3-5-10/h2-5H,6-7H2,1H3,(H,14,17)(H,15,18)(H,19,20). The number of nitrogens with zero attached hydrogens (tertiary/aromatic N) is 1. The van der Waals surface area contributed by atoms with Gasteiger partial charge in [0.15, 0.2) is 0 Å². The van der Waals surface area contributed by atoms with Crippen LogP contribution in [0.25, 0.3) is 0 Å². The van der Waals surface area contributed by atoms with E-state index in [0.717, 1.165) is 0 Å². The fraction of sp³-hybridized carbons (Fsp3) is 0.250. The third-order valence-corrected chi connectivity index (χ3v) is 2.48. The van der Waals surface area contributed by atoms with Crippen molar-refractivity contribution >= 4 is 35.1 Å². The molecule has 0 bridgehead atoms. The molecule has 2 amide bonds. The Balaban J connectivity index is 2.74. The van der Waals surface area contributed by atoms with E-state index in [2.05, 4.69) is 10.9 Å². The van der Waals surface area contributed by atoms with Gasteiger partial charge in [-0.25, -0.2) is 0 Å². The van der Waals surface area contributed by atoms with Crippen molar-refractivity contribution in [2.24, 2.45) is 0 Å². The molecule has 108 valence electrons. The quantitative estimate of drug-likeness (QED) is 0.684. The Hall–Kier alpha value is -2.28. The molecule has 0 unspecified atom stereocenters. The summed E-state index contributed by atoms with van der Waals surface area (Å²) in [7, 11) is 0. The minimum atomic E-state index is -1.08. The van der Waals surface area contributed by atoms with Crippen LogP contribution in [0.15, 0.2) is 24.3 Å². The molecule has 0 radical (unpaired) electrons. The summed E-state index contributed by atoms with van der Waals surface area (Å²) >= 11 is 5.75. The summed E-state index contributed by atoms with van der Waals surface area (Å²) in [4.78, 5) is 34.4. The molecule has 0 fully saturated rings. The molecule has 0 aliphatic rings. The zero-order chi connectivity index (χ0) is 15.1. The number of anilines is 1. The van der Waals surface area contributed by atoms with Crippen LogP contribution >= 0.6 is 11.6 Å². The summed E-state index contributed by atoms with van der Waals surface area (Å²) in [5.74, 6) is -2.03. The molecule has 1 aromatic rings. The first-order chi connectivity index (χ1) is 9.38. The van der Waals surface area contributed by atoms with Crippen LogP contribution < -0.4 is 15.8 Å². The molecule has 0 saturated carbocycles. The molecule has 0 saturated heterocycles. The monoisotopic (exact) mass is 299 g/mol. The van der Waals surface area contributed by atoms with Gasteiger partial charge < -0.3 is 10.0 Å². The van der Waals surface area contributed by atoms with Crippen LogP contribution in [0.3, 0.4) is 0 Å². The van der Waals surface area contributed by atoms with Gasteiger partial charge in [0.2, 0.25) is 5.91 Å². The number of nitrogens with one attached hydrogen (secondary N) is 2. The van der Waals surface area contributed by atoms with Gasteiger partial charge in [0.1, 0.15) is 6.54 Å². The van der Waals surface area contributed by atoms with Crippen molar-refractivity contribution in [2.45, 2.75) is 6.92 Å². The highest BCUT2D eigenvalue weighted by Gasteiger charge is 2.15. The minimum absolute atomic E-state index is 0.214. The average Bonchev–Trinajstić information content (AvgIpc) is 2.36. The van der Waals surface area contributed by atoms with Crippen LogP contribution in [0, 0.1) is 0 Å². The van der Waals surface area contributed by atoms with Gasteiger partial charge in [-0.1, -0.05) is 11.6 Å². The molecule has 20 heavy (non-hydrogen) atoms. The lowest BCUT2D eigenvalue weighted by Gasteiger charge is -2.22. The molecule has 1 aromatic carbocycles. The second-order valence-corrected chi connectivity index (χ2v) is 4.39. The van der Waals surface area contributed by atoms with Gasteiger partial charge in [-0.15, -0.1) is 0 Å². The van der Waals surface area contributed by atoms with E-state index in [1.54, 1.807) is 24.3 Å². The lowest BCUT2D eigenvalue weighted by Crippen LogP contribution is -2.46. The smallest absolute Gasteiger partial charge is 0.323 e. The molecular formula is C12H14ClN3O4. The molecular weight excluding hydrogens is 286 g/mol. The lowest BCUT2D eigenvalue weighted by molar-refractivity contribution is -0.135. The zero-order valence-electron chi connectivity index (χ0n) is 10.7. The van der Waals surface area contributed by atoms with E-state index >= 15 is 0 Å². The fourth-order valence-electron chi connectivity index (χ4n) is 1.42. The van der Waals surface area contributed by atoms with Crippen LogP contribution in [0.2, 0.25) is 5.02 Å². The molecule has 8 heteroatoms. The highest BCUT2D eigenvalue weighted by Crippen LogP contribution is 2.17. The van der Waals surface area contributed by atoms with Crippen molar-refractivity contribution in [3.05, 3.63) is 29.3 Å². The normalized spacial score (nSPS) is 9.70. The third kappa shape index (κ3) is 5.57. The lowest BCUT2D eigenvalue weighted by atomic mass is 10.3. The van der Waals surface area contributed by atoms with Crippen LogP contribution in [0.1, 0.15) is 6.92 Å². The maximum absolute atomic E-state index is 11.6. The summed E-state index contributed by atoms with van der Waals surface area (Å²) in [5.41, 5.74) is 4.84. The fourth-order valence-corrected chi connectivity index (χ4v) is 1.55. The van der Waals surface area contributed by atoms with E-state index in [0.29, 0.717) is 10.7 Å². The zero-order valence-corrected chi connectivity index (χ0v) is 11.5.